The van der Waals surface area contributed by atoms with Crippen LogP contribution < -0.4 is 10.1 Å². The van der Waals surface area contributed by atoms with Crippen molar-refractivity contribution in [1.82, 2.24) is 5.32 Å². The Hall–Kier alpha value is -2.80. The topological polar surface area (TPSA) is 83.3 Å². The second-order valence-electron chi connectivity index (χ2n) is 6.80. The van der Waals surface area contributed by atoms with Crippen LogP contribution in [0.1, 0.15) is 36.5 Å². The van der Waals surface area contributed by atoms with Crippen molar-refractivity contribution in [3.8, 4) is 11.5 Å². The van der Waals surface area contributed by atoms with Crippen molar-refractivity contribution >= 4 is 29.1 Å². The quantitative estimate of drug-likeness (QED) is 0.510. The van der Waals surface area contributed by atoms with Crippen LogP contribution in [0.5, 0.6) is 11.5 Å². The van der Waals surface area contributed by atoms with Gasteiger partial charge in [0.05, 0.1) is 18.6 Å². The zero-order chi connectivity index (χ0) is 20.6. The first-order valence-electron chi connectivity index (χ1n) is 9.62. The molecule has 3 rings (SSSR count). The maximum Gasteiger partial charge on any atom is 0.239 e. The summed E-state index contributed by atoms with van der Waals surface area (Å²) in [5, 5.41) is 20.8. The largest absolute Gasteiger partial charge is 0.504 e. The molecule has 1 amide bonds. The van der Waals surface area contributed by atoms with E-state index in [0.29, 0.717) is 17.3 Å². The lowest BCUT2D eigenvalue weighted by atomic mass is 10.0. The molecule has 1 saturated heterocycles. The highest BCUT2D eigenvalue weighted by atomic mass is 32.2. The Morgan fingerprint density at radius 2 is 1.97 bits per heavy atom. The number of phenols is 1. The number of rotatable bonds is 8. The summed E-state index contributed by atoms with van der Waals surface area (Å²) in [6.45, 7) is 2.19. The van der Waals surface area contributed by atoms with Gasteiger partial charge in [-0.2, -0.15) is 5.10 Å². The maximum absolute atomic E-state index is 12.2. The summed E-state index contributed by atoms with van der Waals surface area (Å²) in [5.74, 6) is 0.382. The van der Waals surface area contributed by atoms with Crippen LogP contribution in [0.2, 0.25) is 0 Å². The Morgan fingerprint density at radius 3 is 2.69 bits per heavy atom. The number of unbranched alkanes of at least 4 members (excludes halogenated alkanes) is 1. The van der Waals surface area contributed by atoms with Crippen molar-refractivity contribution in [2.24, 2.45) is 10.2 Å². The second-order valence-corrected chi connectivity index (χ2v) is 7.99. The number of hydrogen-bond donors (Lipinski definition) is 2. The predicted octanol–water partition coefficient (Wildman–Crippen LogP) is 3.91. The molecule has 29 heavy (non-hydrogen) atoms. The highest BCUT2D eigenvalue weighted by Crippen LogP contribution is 2.26. The predicted molar refractivity (Wildman–Crippen MR) is 118 cm³/mol. The van der Waals surface area contributed by atoms with Gasteiger partial charge >= 0.3 is 0 Å². The zero-order valence-corrected chi connectivity index (χ0v) is 17.4. The molecule has 0 spiro atoms. The monoisotopic (exact) mass is 411 g/mol. The number of phenolic OH excluding ortho intramolecular Hbond substituents is 1. The maximum atomic E-state index is 12.2. The molecule has 2 aromatic rings. The number of carbonyl (C=O) groups is 1. The number of aryl methyl sites for hydroxylation is 1. The van der Waals surface area contributed by atoms with E-state index < -0.39 is 0 Å². The minimum Gasteiger partial charge on any atom is -0.504 e. The van der Waals surface area contributed by atoms with Gasteiger partial charge in [-0.05, 0) is 54.2 Å². The third-order valence-electron chi connectivity index (χ3n) is 4.60. The van der Waals surface area contributed by atoms with Gasteiger partial charge in [-0.15, -0.1) is 5.10 Å². The SMILES string of the molecule is CCCCc1ccc(CC2S/C(=N/N=C/c3ccc(O)c(OC)c3)NC2=O)cc1. The molecular formula is C22H25N3O3S. The van der Waals surface area contributed by atoms with E-state index in [1.807, 2.05) is 0 Å². The number of thioether (sulfide) groups is 1. The highest BCUT2D eigenvalue weighted by Gasteiger charge is 2.30. The third kappa shape index (κ3) is 5.84. The van der Waals surface area contributed by atoms with E-state index in [4.69, 9.17) is 4.74 Å². The van der Waals surface area contributed by atoms with E-state index >= 15 is 0 Å². The molecule has 1 aliphatic heterocycles. The molecule has 0 bridgehead atoms. The van der Waals surface area contributed by atoms with Gasteiger partial charge in [0.15, 0.2) is 16.7 Å². The van der Waals surface area contributed by atoms with Gasteiger partial charge in [0, 0.05) is 0 Å². The first kappa shape index (κ1) is 20.9. The van der Waals surface area contributed by atoms with Gasteiger partial charge in [0.2, 0.25) is 5.91 Å². The molecule has 6 nitrogen and oxygen atoms in total. The van der Waals surface area contributed by atoms with Crippen molar-refractivity contribution in [2.75, 3.05) is 7.11 Å². The molecule has 2 N–H and O–H groups in total. The molecule has 1 fully saturated rings. The molecule has 152 valence electrons. The van der Waals surface area contributed by atoms with Crippen LogP contribution in [-0.4, -0.2) is 34.8 Å². The Morgan fingerprint density at radius 1 is 1.21 bits per heavy atom. The molecular weight excluding hydrogens is 386 g/mol. The van der Waals surface area contributed by atoms with E-state index in [-0.39, 0.29) is 16.9 Å². The Kier molecular flexibility index (Phi) is 7.30. The van der Waals surface area contributed by atoms with Crippen LogP contribution in [0.25, 0.3) is 0 Å². The number of aromatic hydroxyl groups is 1. The molecule has 2 aromatic carbocycles. The fraction of sp³-hybridized carbons (Fsp3) is 0.318. The number of carbonyl (C=O) groups excluding carboxylic acids is 1. The Labute approximate surface area is 175 Å². The van der Waals surface area contributed by atoms with Gasteiger partial charge in [-0.3, -0.25) is 4.79 Å². The minimum absolute atomic E-state index is 0.0506. The molecule has 1 heterocycles. The summed E-state index contributed by atoms with van der Waals surface area (Å²) >= 11 is 1.39. The standard InChI is InChI=1S/C22H25N3O3S/c1-3-4-5-15-6-8-16(9-7-15)13-20-21(27)24-22(29-20)25-23-14-17-10-11-18(26)19(12-17)28-2/h6-12,14,20,26H,3-5,13H2,1-2H3,(H,24,25,27)/b23-14+. The van der Waals surface area contributed by atoms with E-state index in [1.165, 1.54) is 43.3 Å². The van der Waals surface area contributed by atoms with Crippen molar-refractivity contribution in [3.63, 3.8) is 0 Å². The van der Waals surface area contributed by atoms with E-state index in [0.717, 1.165) is 17.5 Å². The summed E-state index contributed by atoms with van der Waals surface area (Å²) in [5.41, 5.74) is 3.21. The highest BCUT2D eigenvalue weighted by molar-refractivity contribution is 8.15. The summed E-state index contributed by atoms with van der Waals surface area (Å²) < 4.78 is 5.07. The zero-order valence-electron chi connectivity index (χ0n) is 16.6. The number of methoxy groups -OCH3 is 1. The van der Waals surface area contributed by atoms with Gasteiger partial charge < -0.3 is 15.2 Å². The molecule has 0 radical (unpaired) electrons. The average molecular weight is 412 g/mol. The fourth-order valence-electron chi connectivity index (χ4n) is 2.95. The third-order valence-corrected chi connectivity index (χ3v) is 5.67. The molecule has 1 atom stereocenters. The van der Waals surface area contributed by atoms with Crippen LogP contribution in [0.4, 0.5) is 0 Å². The smallest absolute Gasteiger partial charge is 0.239 e. The fourth-order valence-corrected chi connectivity index (χ4v) is 3.91. The lowest BCUT2D eigenvalue weighted by Crippen LogP contribution is -2.25. The van der Waals surface area contributed by atoms with Crippen molar-refractivity contribution in [1.29, 1.82) is 0 Å². The summed E-state index contributed by atoms with van der Waals surface area (Å²) in [6, 6.07) is 13.4. The summed E-state index contributed by atoms with van der Waals surface area (Å²) in [7, 11) is 1.49. The van der Waals surface area contributed by atoms with Crippen LogP contribution in [0.3, 0.4) is 0 Å². The van der Waals surface area contributed by atoms with Crippen LogP contribution >= 0.6 is 11.8 Å². The van der Waals surface area contributed by atoms with Crippen LogP contribution in [0, 0.1) is 0 Å². The lowest BCUT2D eigenvalue weighted by molar-refractivity contribution is -0.118. The first-order valence-corrected chi connectivity index (χ1v) is 10.5. The van der Waals surface area contributed by atoms with Crippen molar-refractivity contribution in [3.05, 3.63) is 59.2 Å². The van der Waals surface area contributed by atoms with Gasteiger partial charge in [0.25, 0.3) is 0 Å². The number of hydrogen-bond acceptors (Lipinski definition) is 6. The van der Waals surface area contributed by atoms with Crippen LogP contribution in [0.15, 0.2) is 52.7 Å². The number of amidine groups is 1. The normalized spacial score (nSPS) is 17.8. The van der Waals surface area contributed by atoms with E-state index in [2.05, 4.69) is 46.7 Å². The lowest BCUT2D eigenvalue weighted by Gasteiger charge is -2.06. The Balaban J connectivity index is 1.58. The number of amides is 1. The second kappa shape index (κ2) is 10.1. The minimum atomic E-state index is -0.209. The number of nitrogens with zero attached hydrogens (tertiary/aromatic N) is 2. The van der Waals surface area contributed by atoms with Crippen LogP contribution in [-0.2, 0) is 17.6 Å². The molecule has 0 saturated carbocycles. The summed E-state index contributed by atoms with van der Waals surface area (Å²) in [4.78, 5) is 12.2. The molecule has 1 unspecified atom stereocenters. The number of ether oxygens (including phenoxy) is 1. The number of benzene rings is 2. The van der Waals surface area contributed by atoms with Gasteiger partial charge in [-0.25, -0.2) is 0 Å². The molecule has 1 aliphatic rings. The van der Waals surface area contributed by atoms with E-state index in [9.17, 15) is 9.90 Å². The van der Waals surface area contributed by atoms with Crippen molar-refractivity contribution in [2.45, 2.75) is 37.9 Å². The van der Waals surface area contributed by atoms with E-state index in [1.54, 1.807) is 18.3 Å². The van der Waals surface area contributed by atoms with Crippen molar-refractivity contribution < 1.29 is 14.6 Å². The van der Waals surface area contributed by atoms with Gasteiger partial charge in [0.1, 0.15) is 0 Å². The van der Waals surface area contributed by atoms with Gasteiger partial charge in [-0.1, -0.05) is 49.4 Å². The molecule has 7 heteroatoms. The number of nitrogens with one attached hydrogen (secondary N) is 1. The molecule has 0 aliphatic carbocycles. The first-order chi connectivity index (χ1) is 14.1. The Bertz CT molecular complexity index is 910. The molecule has 0 aromatic heterocycles. The summed E-state index contributed by atoms with van der Waals surface area (Å²) in [6.07, 6.45) is 5.67. The average Bonchev–Trinajstić information content (AvgIpc) is 3.07.